The largest absolute Gasteiger partial charge is 0.347 e. The van der Waals surface area contributed by atoms with E-state index in [1.165, 1.54) is 18.4 Å². The first kappa shape index (κ1) is 38.5. The molecule has 0 radical (unpaired) electrons. The fourth-order valence-electron chi connectivity index (χ4n) is 8.45. The van der Waals surface area contributed by atoms with Crippen molar-refractivity contribution in [1.29, 1.82) is 0 Å². The number of carbonyl (C=O) groups excluding carboxylic acids is 5. The Morgan fingerprint density at radius 1 is 0.840 bits per heavy atom. The maximum Gasteiger partial charge on any atom is 0.315 e. The van der Waals surface area contributed by atoms with Crippen molar-refractivity contribution in [2.45, 2.75) is 164 Å². The molecule has 50 heavy (non-hydrogen) atoms. The third-order valence-corrected chi connectivity index (χ3v) is 14.6. The van der Waals surface area contributed by atoms with Gasteiger partial charge in [0.25, 0.3) is 5.91 Å². The van der Waals surface area contributed by atoms with E-state index in [1.54, 1.807) is 11.8 Å². The minimum Gasteiger partial charge on any atom is -0.347 e. The van der Waals surface area contributed by atoms with Crippen molar-refractivity contribution in [3.05, 3.63) is 0 Å². The van der Waals surface area contributed by atoms with Gasteiger partial charge in [-0.15, -0.1) is 0 Å². The molecule has 4 atom stereocenters. The van der Waals surface area contributed by atoms with E-state index in [-0.39, 0.29) is 11.9 Å². The number of sulfonamides is 1. The van der Waals surface area contributed by atoms with Gasteiger partial charge < -0.3 is 26.2 Å². The number of hydrogen-bond acceptors (Lipinski definition) is 7. The van der Waals surface area contributed by atoms with Gasteiger partial charge in [0.15, 0.2) is 0 Å². The molecule has 0 aromatic carbocycles. The Morgan fingerprint density at radius 3 is 2.04 bits per heavy atom. The molecule has 0 aromatic rings. The van der Waals surface area contributed by atoms with E-state index in [0.29, 0.717) is 44.6 Å². The summed E-state index contributed by atoms with van der Waals surface area (Å²) in [4.78, 5) is 69.9. The van der Waals surface area contributed by atoms with Gasteiger partial charge in [-0.2, -0.15) is 0 Å². The number of nitrogens with zero attached hydrogens (tertiary/aromatic N) is 2. The number of Topliss-reactive ketones (excluding diaryl/α,β-unsaturated/α-hetero) is 1. The molecule has 0 bridgehead atoms. The van der Waals surface area contributed by atoms with Crippen molar-refractivity contribution in [2.75, 3.05) is 20.6 Å². The minimum atomic E-state index is -3.70. The van der Waals surface area contributed by atoms with Crippen LogP contribution in [0.25, 0.3) is 0 Å². The van der Waals surface area contributed by atoms with E-state index in [0.717, 1.165) is 83.5 Å². The van der Waals surface area contributed by atoms with Crippen LogP contribution >= 0.6 is 0 Å². The molecule has 1 aliphatic heterocycles. The molecule has 4 aliphatic carbocycles. The van der Waals surface area contributed by atoms with E-state index in [2.05, 4.69) is 21.3 Å². The number of nitrogens with one attached hydrogen (secondary N) is 4. The Bertz CT molecular complexity index is 1380. The van der Waals surface area contributed by atoms with E-state index < -0.39 is 68.0 Å². The van der Waals surface area contributed by atoms with Crippen LogP contribution < -0.4 is 21.3 Å². The van der Waals surface area contributed by atoms with Crippen LogP contribution in [0.1, 0.15) is 129 Å². The zero-order valence-electron chi connectivity index (χ0n) is 30.6. The number of likely N-dealkylation sites (tertiary alicyclic amines) is 1. The average molecular weight is 721 g/mol. The van der Waals surface area contributed by atoms with Crippen LogP contribution in [0.3, 0.4) is 0 Å². The van der Waals surface area contributed by atoms with Gasteiger partial charge >= 0.3 is 6.03 Å². The van der Waals surface area contributed by atoms with Gasteiger partial charge in [0.2, 0.25) is 27.6 Å². The average Bonchev–Trinajstić information content (AvgIpc) is 4.03. The van der Waals surface area contributed by atoms with E-state index in [4.69, 9.17) is 0 Å². The quantitative estimate of drug-likeness (QED) is 0.188. The molecule has 5 aliphatic rings. The van der Waals surface area contributed by atoms with Crippen molar-refractivity contribution in [3.63, 3.8) is 0 Å². The van der Waals surface area contributed by atoms with Crippen molar-refractivity contribution in [3.8, 4) is 0 Å². The van der Waals surface area contributed by atoms with Gasteiger partial charge in [-0.25, -0.2) is 17.5 Å². The predicted molar refractivity (Wildman–Crippen MR) is 189 cm³/mol. The number of rotatable bonds is 15. The topological polar surface area (TPSA) is 174 Å². The summed E-state index contributed by atoms with van der Waals surface area (Å²) in [5.41, 5.74) is -1.56. The Hall–Kier alpha value is -2.74. The predicted octanol–water partition coefficient (Wildman–Crippen LogP) is 3.12. The van der Waals surface area contributed by atoms with Crippen LogP contribution in [0.4, 0.5) is 4.79 Å². The lowest BCUT2D eigenvalue weighted by Gasteiger charge is -2.45. The Kier molecular flexibility index (Phi) is 12.2. The second kappa shape index (κ2) is 15.9. The fraction of sp³-hybridized carbons (Fsp3) is 0.861. The molecule has 4 N–H and O–H groups in total. The standard InChI is InChI=1S/C36H60N6O7S/c1-24(50(48,49)41(3)4)36(21-9-6-10-22-36)40-34(47)39-30(35(2)19-7-5-8-20-35)33(46)42-23-11-12-28(42)31(44)38-27(18-15-25-13-14-25)29(43)32(45)37-26-16-17-26/h24-28,30H,5-23H2,1-4H3,(H,37,45)(H,38,44)(H2,39,40,47)/t24-,27-,28-,30+/m0/s1. The van der Waals surface area contributed by atoms with Crippen LogP contribution in [0, 0.1) is 11.3 Å². The highest BCUT2D eigenvalue weighted by Gasteiger charge is 2.49. The summed E-state index contributed by atoms with van der Waals surface area (Å²) in [6, 6.07) is -3.29. The third-order valence-electron chi connectivity index (χ3n) is 12.2. The molecule has 5 fully saturated rings. The minimum absolute atomic E-state index is 0.0190. The highest BCUT2D eigenvalue weighted by molar-refractivity contribution is 7.89. The van der Waals surface area contributed by atoms with Gasteiger partial charge in [0.05, 0.1) is 16.8 Å². The molecule has 1 heterocycles. The highest BCUT2D eigenvalue weighted by Crippen LogP contribution is 2.41. The molecular weight excluding hydrogens is 660 g/mol. The monoisotopic (exact) mass is 720 g/mol. The molecule has 0 unspecified atom stereocenters. The first-order valence-electron chi connectivity index (χ1n) is 19.1. The fourth-order valence-corrected chi connectivity index (χ4v) is 9.95. The smallest absolute Gasteiger partial charge is 0.315 e. The number of amides is 5. The Labute approximate surface area is 298 Å². The summed E-state index contributed by atoms with van der Waals surface area (Å²) < 4.78 is 27.8. The molecule has 14 heteroatoms. The van der Waals surface area contributed by atoms with Gasteiger partial charge in [0.1, 0.15) is 12.1 Å². The SMILES string of the molecule is C[C@@H](C1(NC(=O)N[C@H](C(=O)N2CCC[C@H]2C(=O)N[C@@H](CCC2CC2)C(=O)C(=O)NC2CC2)C2(C)CCCCC2)CCCCC1)S(=O)(=O)N(C)C. The Morgan fingerprint density at radius 2 is 1.46 bits per heavy atom. The molecule has 282 valence electrons. The van der Waals surface area contributed by atoms with E-state index in [9.17, 15) is 32.4 Å². The molecule has 13 nitrogen and oxygen atoms in total. The first-order chi connectivity index (χ1) is 23.7. The number of ketones is 1. The number of carbonyl (C=O) groups is 5. The maximum atomic E-state index is 14.6. The molecule has 0 spiro atoms. The highest BCUT2D eigenvalue weighted by atomic mass is 32.2. The molecule has 4 saturated carbocycles. The summed E-state index contributed by atoms with van der Waals surface area (Å²) in [5.74, 6) is -1.61. The summed E-state index contributed by atoms with van der Waals surface area (Å²) >= 11 is 0. The zero-order chi connectivity index (χ0) is 36.3. The first-order valence-corrected chi connectivity index (χ1v) is 20.6. The van der Waals surface area contributed by atoms with Crippen LogP contribution in [0.15, 0.2) is 0 Å². The van der Waals surface area contributed by atoms with Crippen molar-refractivity contribution in [2.24, 2.45) is 11.3 Å². The molecule has 5 amide bonds. The van der Waals surface area contributed by atoms with Crippen molar-refractivity contribution in [1.82, 2.24) is 30.5 Å². The van der Waals surface area contributed by atoms with Crippen LogP contribution in [0.2, 0.25) is 0 Å². The lowest BCUT2D eigenvalue weighted by molar-refractivity contribution is -0.144. The summed E-state index contributed by atoms with van der Waals surface area (Å²) in [6.07, 6.45) is 13.8. The van der Waals surface area contributed by atoms with Crippen molar-refractivity contribution < 1.29 is 32.4 Å². The van der Waals surface area contributed by atoms with Gasteiger partial charge in [-0.3, -0.25) is 19.2 Å². The maximum absolute atomic E-state index is 14.6. The van der Waals surface area contributed by atoms with Crippen LogP contribution in [-0.4, -0.2) is 103 Å². The summed E-state index contributed by atoms with van der Waals surface area (Å²) in [6.45, 7) is 4.00. The van der Waals surface area contributed by atoms with Gasteiger partial charge in [-0.05, 0) is 82.5 Å². The number of urea groups is 1. The molecule has 1 saturated heterocycles. The molecular formula is C36H60N6O7S. The normalized spacial score (nSPS) is 25.2. The lowest BCUT2D eigenvalue weighted by Crippen LogP contribution is -2.66. The Balaban J connectivity index is 1.33. The second-order valence-electron chi connectivity index (χ2n) is 16.3. The van der Waals surface area contributed by atoms with E-state index >= 15 is 0 Å². The second-order valence-corrected chi connectivity index (χ2v) is 18.8. The zero-order valence-corrected chi connectivity index (χ0v) is 31.4. The molecule has 0 aromatic heterocycles. The summed E-state index contributed by atoms with van der Waals surface area (Å²) in [7, 11) is -0.700. The van der Waals surface area contributed by atoms with Gasteiger partial charge in [-0.1, -0.05) is 58.3 Å². The van der Waals surface area contributed by atoms with Crippen LogP contribution in [0.5, 0.6) is 0 Å². The number of hydrogen-bond donors (Lipinski definition) is 4. The summed E-state index contributed by atoms with van der Waals surface area (Å²) in [5, 5.41) is 10.8. The molecule has 5 rings (SSSR count). The van der Waals surface area contributed by atoms with Crippen LogP contribution in [-0.2, 0) is 29.2 Å². The van der Waals surface area contributed by atoms with Gasteiger partial charge in [0, 0.05) is 26.7 Å². The van der Waals surface area contributed by atoms with E-state index in [1.807, 2.05) is 6.92 Å². The third kappa shape index (κ3) is 9.00. The van der Waals surface area contributed by atoms with Crippen molar-refractivity contribution >= 4 is 39.6 Å². The lowest BCUT2D eigenvalue weighted by atomic mass is 9.70.